The number of benzene rings is 1. The van der Waals surface area contributed by atoms with Gasteiger partial charge in [-0.2, -0.15) is 0 Å². The third-order valence-corrected chi connectivity index (χ3v) is 4.09. The van der Waals surface area contributed by atoms with Gasteiger partial charge in [-0.05, 0) is 50.4 Å². The van der Waals surface area contributed by atoms with E-state index in [1.807, 2.05) is 12.1 Å². The average Bonchev–Trinajstić information content (AvgIpc) is 2.47. The molecule has 1 aliphatic heterocycles. The lowest BCUT2D eigenvalue weighted by molar-refractivity contribution is -0.143. The second kappa shape index (κ2) is 6.75. The highest BCUT2D eigenvalue weighted by atomic mass is 16.5. The van der Waals surface area contributed by atoms with Crippen LogP contribution < -0.4 is 4.74 Å². The van der Waals surface area contributed by atoms with Crippen molar-refractivity contribution in [1.29, 1.82) is 0 Å². The summed E-state index contributed by atoms with van der Waals surface area (Å²) < 4.78 is 5.24. The summed E-state index contributed by atoms with van der Waals surface area (Å²) in [5.41, 5.74) is 1.23. The van der Waals surface area contributed by atoms with E-state index in [1.165, 1.54) is 5.56 Å². The van der Waals surface area contributed by atoms with Crippen molar-refractivity contribution in [1.82, 2.24) is 4.90 Å². The predicted octanol–water partition coefficient (Wildman–Crippen LogP) is 2.42. The van der Waals surface area contributed by atoms with E-state index in [1.54, 1.807) is 7.11 Å². The first-order valence-electron chi connectivity index (χ1n) is 7.20. The first kappa shape index (κ1) is 14.9. The van der Waals surface area contributed by atoms with E-state index in [9.17, 15) is 4.79 Å². The molecule has 0 spiro atoms. The number of hydrogen-bond donors (Lipinski definition) is 1. The van der Waals surface area contributed by atoms with Crippen molar-refractivity contribution in [2.45, 2.75) is 32.2 Å². The van der Waals surface area contributed by atoms with E-state index in [2.05, 4.69) is 24.0 Å². The quantitative estimate of drug-likeness (QED) is 0.898. The molecular formula is C16H23NO3. The van der Waals surface area contributed by atoms with Crippen LogP contribution in [0, 0.1) is 5.92 Å². The molecule has 0 aromatic heterocycles. The molecule has 20 heavy (non-hydrogen) atoms. The Balaban J connectivity index is 1.96. The molecule has 1 heterocycles. The monoisotopic (exact) mass is 277 g/mol. The van der Waals surface area contributed by atoms with Gasteiger partial charge in [-0.15, -0.1) is 0 Å². The van der Waals surface area contributed by atoms with Gasteiger partial charge in [-0.25, -0.2) is 0 Å². The van der Waals surface area contributed by atoms with E-state index < -0.39 is 5.97 Å². The Bertz CT molecular complexity index is 461. The molecule has 110 valence electrons. The van der Waals surface area contributed by atoms with Crippen LogP contribution in [0.1, 0.15) is 25.3 Å². The Kier molecular flexibility index (Phi) is 5.01. The number of rotatable bonds is 5. The normalized spacial score (nSPS) is 21.4. The van der Waals surface area contributed by atoms with Gasteiger partial charge < -0.3 is 9.84 Å². The molecule has 1 aliphatic rings. The zero-order valence-electron chi connectivity index (χ0n) is 12.2. The van der Waals surface area contributed by atoms with E-state index in [-0.39, 0.29) is 5.92 Å². The lowest BCUT2D eigenvalue weighted by atomic mass is 9.95. The molecule has 0 saturated carbocycles. The molecule has 0 bridgehead atoms. The highest BCUT2D eigenvalue weighted by Gasteiger charge is 2.27. The van der Waals surface area contributed by atoms with Crippen molar-refractivity contribution >= 4 is 5.97 Å². The maximum Gasteiger partial charge on any atom is 0.307 e. The fourth-order valence-electron chi connectivity index (χ4n) is 2.88. The van der Waals surface area contributed by atoms with Crippen molar-refractivity contribution < 1.29 is 14.6 Å². The summed E-state index contributed by atoms with van der Waals surface area (Å²) in [6.07, 6.45) is 2.70. The van der Waals surface area contributed by atoms with Gasteiger partial charge in [0.05, 0.1) is 13.0 Å². The lowest BCUT2D eigenvalue weighted by Crippen LogP contribution is -2.44. The number of piperidine rings is 1. The molecule has 2 atom stereocenters. The highest BCUT2D eigenvalue weighted by molar-refractivity contribution is 5.70. The molecule has 1 aromatic rings. The maximum absolute atomic E-state index is 11.1. The minimum Gasteiger partial charge on any atom is -0.497 e. The van der Waals surface area contributed by atoms with E-state index in [4.69, 9.17) is 9.84 Å². The molecule has 1 aromatic carbocycles. The van der Waals surface area contributed by atoms with E-state index in [0.29, 0.717) is 12.6 Å². The van der Waals surface area contributed by atoms with Crippen LogP contribution in [0.3, 0.4) is 0 Å². The van der Waals surface area contributed by atoms with E-state index >= 15 is 0 Å². The van der Waals surface area contributed by atoms with Crippen LogP contribution in [-0.2, 0) is 11.2 Å². The summed E-state index contributed by atoms with van der Waals surface area (Å²) in [6, 6.07) is 8.43. The molecule has 1 saturated heterocycles. The Morgan fingerprint density at radius 3 is 3.05 bits per heavy atom. The third-order valence-electron chi connectivity index (χ3n) is 4.09. The first-order valence-corrected chi connectivity index (χ1v) is 7.20. The van der Waals surface area contributed by atoms with Crippen LogP contribution in [0.25, 0.3) is 0 Å². The van der Waals surface area contributed by atoms with Crippen molar-refractivity contribution in [3.05, 3.63) is 29.8 Å². The molecule has 2 rings (SSSR count). The molecule has 0 radical (unpaired) electrons. The summed E-state index contributed by atoms with van der Waals surface area (Å²) in [4.78, 5) is 13.4. The maximum atomic E-state index is 11.1. The topological polar surface area (TPSA) is 49.8 Å². The van der Waals surface area contributed by atoms with Crippen LogP contribution in [0.4, 0.5) is 0 Å². The second-order valence-electron chi connectivity index (χ2n) is 5.58. The average molecular weight is 277 g/mol. The van der Waals surface area contributed by atoms with Gasteiger partial charge in [0, 0.05) is 12.6 Å². The van der Waals surface area contributed by atoms with E-state index in [0.717, 1.165) is 31.6 Å². The standard InChI is InChI=1S/C16H23NO3/c1-12(9-13-5-3-7-15(10-13)20-2)17-8-4-6-14(11-17)16(18)19/h3,5,7,10,12,14H,4,6,8-9,11H2,1-2H3,(H,18,19). The van der Waals surface area contributed by atoms with Gasteiger partial charge >= 0.3 is 5.97 Å². The number of nitrogens with zero attached hydrogens (tertiary/aromatic N) is 1. The molecular weight excluding hydrogens is 254 g/mol. The minimum atomic E-state index is -0.664. The zero-order chi connectivity index (χ0) is 14.5. The Hall–Kier alpha value is -1.55. The first-order chi connectivity index (χ1) is 9.60. The van der Waals surface area contributed by atoms with Gasteiger partial charge in [0.2, 0.25) is 0 Å². The summed E-state index contributed by atoms with van der Waals surface area (Å²) in [7, 11) is 1.67. The number of aliphatic carboxylic acids is 1. The number of ether oxygens (including phenoxy) is 1. The number of carboxylic acid groups (broad SMARTS) is 1. The number of hydrogen-bond acceptors (Lipinski definition) is 3. The molecule has 1 fully saturated rings. The largest absolute Gasteiger partial charge is 0.497 e. The molecule has 4 heteroatoms. The number of carboxylic acids is 1. The summed E-state index contributed by atoms with van der Waals surface area (Å²) in [5, 5.41) is 9.15. The van der Waals surface area contributed by atoms with Crippen LogP contribution in [0.5, 0.6) is 5.75 Å². The predicted molar refractivity (Wildman–Crippen MR) is 78.1 cm³/mol. The van der Waals surface area contributed by atoms with Crippen molar-refractivity contribution in [2.75, 3.05) is 20.2 Å². The van der Waals surface area contributed by atoms with Crippen molar-refractivity contribution in [2.24, 2.45) is 5.92 Å². The van der Waals surface area contributed by atoms with Crippen LogP contribution >= 0.6 is 0 Å². The smallest absolute Gasteiger partial charge is 0.307 e. The molecule has 1 N–H and O–H groups in total. The summed E-state index contributed by atoms with van der Waals surface area (Å²) in [5.74, 6) is -0.00320. The number of methoxy groups -OCH3 is 1. The fraction of sp³-hybridized carbons (Fsp3) is 0.562. The van der Waals surface area contributed by atoms with Crippen LogP contribution in [0.15, 0.2) is 24.3 Å². The lowest BCUT2D eigenvalue weighted by Gasteiger charge is -2.35. The fourth-order valence-corrected chi connectivity index (χ4v) is 2.88. The van der Waals surface area contributed by atoms with Crippen molar-refractivity contribution in [3.8, 4) is 5.75 Å². The van der Waals surface area contributed by atoms with Gasteiger partial charge in [0.15, 0.2) is 0 Å². The van der Waals surface area contributed by atoms with Crippen molar-refractivity contribution in [3.63, 3.8) is 0 Å². The highest BCUT2D eigenvalue weighted by Crippen LogP contribution is 2.21. The van der Waals surface area contributed by atoms with Crippen LogP contribution in [-0.4, -0.2) is 42.2 Å². The SMILES string of the molecule is COc1cccc(CC(C)N2CCCC(C(=O)O)C2)c1. The van der Waals surface area contributed by atoms with Crippen LogP contribution in [0.2, 0.25) is 0 Å². The zero-order valence-corrected chi connectivity index (χ0v) is 12.2. The van der Waals surface area contributed by atoms with Gasteiger partial charge in [-0.3, -0.25) is 9.69 Å². The molecule has 2 unspecified atom stereocenters. The number of carbonyl (C=O) groups is 1. The third kappa shape index (κ3) is 3.73. The van der Waals surface area contributed by atoms with Gasteiger partial charge in [0.25, 0.3) is 0 Å². The Morgan fingerprint density at radius 2 is 2.35 bits per heavy atom. The van der Waals surface area contributed by atoms with Gasteiger partial charge in [-0.1, -0.05) is 12.1 Å². The minimum absolute atomic E-state index is 0.212. The van der Waals surface area contributed by atoms with Gasteiger partial charge in [0.1, 0.15) is 5.75 Å². The Labute approximate surface area is 120 Å². The molecule has 0 aliphatic carbocycles. The second-order valence-corrected chi connectivity index (χ2v) is 5.58. The number of likely N-dealkylation sites (tertiary alicyclic amines) is 1. The summed E-state index contributed by atoms with van der Waals surface area (Å²) in [6.45, 7) is 3.83. The molecule has 0 amide bonds. The molecule has 4 nitrogen and oxygen atoms in total. The summed E-state index contributed by atoms with van der Waals surface area (Å²) >= 11 is 0. The Morgan fingerprint density at radius 1 is 1.55 bits per heavy atom.